The quantitative estimate of drug-likeness (QED) is 0.499. The van der Waals surface area contributed by atoms with Crippen molar-refractivity contribution < 1.29 is 4.39 Å². The van der Waals surface area contributed by atoms with Crippen LogP contribution in [0.15, 0.2) is 0 Å². The third-order valence-electron chi connectivity index (χ3n) is 2.39. The first-order valence-corrected chi connectivity index (χ1v) is 5.14. The number of alkyl halides is 2. The third-order valence-corrected chi connectivity index (χ3v) is 3.68. The normalized spacial score (nSPS) is 41.1. The number of hydrogen-bond acceptors (Lipinski definition) is 0. The van der Waals surface area contributed by atoms with E-state index in [0.29, 0.717) is 11.8 Å². The Labute approximate surface area is 75.7 Å². The molecule has 1 saturated carbocycles. The van der Waals surface area contributed by atoms with Gasteiger partial charge in [0.1, 0.15) is 6.17 Å². The van der Waals surface area contributed by atoms with Gasteiger partial charge in [-0.05, 0) is 24.7 Å². The maximum atomic E-state index is 12.9. The Balaban J connectivity index is 2.41. The Kier molecular flexibility index (Phi) is 2.95. The molecule has 0 spiro atoms. The smallest absolute Gasteiger partial charge is 0.112 e. The molecule has 0 radical (unpaired) electrons. The van der Waals surface area contributed by atoms with Crippen LogP contribution in [0.1, 0.15) is 26.7 Å². The van der Waals surface area contributed by atoms with Gasteiger partial charge in [0.2, 0.25) is 0 Å². The van der Waals surface area contributed by atoms with E-state index in [4.69, 9.17) is 0 Å². The highest BCUT2D eigenvalue weighted by Crippen LogP contribution is 2.37. The summed E-state index contributed by atoms with van der Waals surface area (Å²) < 4.78 is 13.2. The molecule has 0 nitrogen and oxygen atoms in total. The number of halogens is 2. The van der Waals surface area contributed by atoms with Gasteiger partial charge in [-0.1, -0.05) is 36.4 Å². The van der Waals surface area contributed by atoms with E-state index in [1.165, 1.54) is 0 Å². The van der Waals surface area contributed by atoms with Crippen molar-refractivity contribution in [2.24, 2.45) is 11.8 Å². The second-order valence-corrected chi connectivity index (χ2v) is 5.11. The minimum Gasteiger partial charge on any atom is -0.246 e. The Hall–Kier alpha value is 0.660. The van der Waals surface area contributed by atoms with Crippen LogP contribution >= 0.6 is 22.6 Å². The van der Waals surface area contributed by atoms with Crippen molar-refractivity contribution in [3.8, 4) is 0 Å². The molecular formula is C8H14FI. The molecule has 1 rings (SSSR count). The number of rotatable bonds is 1. The molecule has 1 aliphatic rings. The fourth-order valence-electron chi connectivity index (χ4n) is 1.51. The zero-order valence-electron chi connectivity index (χ0n) is 6.48. The van der Waals surface area contributed by atoms with Gasteiger partial charge in [0.25, 0.3) is 0 Å². The molecule has 3 atom stereocenters. The van der Waals surface area contributed by atoms with E-state index in [2.05, 4.69) is 36.4 Å². The summed E-state index contributed by atoms with van der Waals surface area (Å²) in [6.07, 6.45) is 1.35. The highest BCUT2D eigenvalue weighted by Gasteiger charge is 2.33. The molecule has 2 heteroatoms. The van der Waals surface area contributed by atoms with E-state index >= 15 is 0 Å². The largest absolute Gasteiger partial charge is 0.246 e. The van der Waals surface area contributed by atoms with Crippen molar-refractivity contribution in [2.45, 2.75) is 36.8 Å². The van der Waals surface area contributed by atoms with E-state index in [-0.39, 0.29) is 3.92 Å². The molecule has 10 heavy (non-hydrogen) atoms. The van der Waals surface area contributed by atoms with Crippen LogP contribution in [0.4, 0.5) is 4.39 Å². The Morgan fingerprint density at radius 2 is 2.00 bits per heavy atom. The zero-order valence-corrected chi connectivity index (χ0v) is 8.64. The maximum absolute atomic E-state index is 12.9. The average Bonchev–Trinajstić information content (AvgIpc) is 2.13. The SMILES string of the molecule is CC(C)C1CC(I)[C@@H](F)C1. The van der Waals surface area contributed by atoms with Crippen LogP contribution in [0.25, 0.3) is 0 Å². The molecule has 0 aromatic carbocycles. The van der Waals surface area contributed by atoms with Gasteiger partial charge in [0.05, 0.1) is 0 Å². The highest BCUT2D eigenvalue weighted by atomic mass is 127. The van der Waals surface area contributed by atoms with E-state index in [0.717, 1.165) is 12.8 Å². The van der Waals surface area contributed by atoms with Crippen molar-refractivity contribution in [3.05, 3.63) is 0 Å². The van der Waals surface area contributed by atoms with Crippen molar-refractivity contribution in [2.75, 3.05) is 0 Å². The third kappa shape index (κ3) is 1.83. The van der Waals surface area contributed by atoms with Crippen molar-refractivity contribution >= 4 is 22.6 Å². The topological polar surface area (TPSA) is 0 Å². The fraction of sp³-hybridized carbons (Fsp3) is 1.00. The summed E-state index contributed by atoms with van der Waals surface area (Å²) in [5.74, 6) is 1.30. The van der Waals surface area contributed by atoms with Crippen LogP contribution in [-0.2, 0) is 0 Å². The number of hydrogen-bond donors (Lipinski definition) is 0. The molecule has 0 amide bonds. The first kappa shape index (κ1) is 8.75. The molecule has 0 bridgehead atoms. The first-order valence-electron chi connectivity index (χ1n) is 3.89. The molecule has 1 aliphatic carbocycles. The molecule has 60 valence electrons. The highest BCUT2D eigenvalue weighted by molar-refractivity contribution is 14.1. The molecule has 0 aliphatic heterocycles. The van der Waals surface area contributed by atoms with Crippen LogP contribution in [-0.4, -0.2) is 10.1 Å². The fourth-order valence-corrected chi connectivity index (χ4v) is 2.46. The molecular weight excluding hydrogens is 242 g/mol. The summed E-state index contributed by atoms with van der Waals surface area (Å²) >= 11 is 2.23. The zero-order chi connectivity index (χ0) is 7.72. The van der Waals surface area contributed by atoms with Crippen LogP contribution in [0.3, 0.4) is 0 Å². The molecule has 0 N–H and O–H groups in total. The van der Waals surface area contributed by atoms with Gasteiger partial charge in [0.15, 0.2) is 0 Å². The van der Waals surface area contributed by atoms with Gasteiger partial charge in [-0.2, -0.15) is 0 Å². The second-order valence-electron chi connectivity index (χ2n) is 3.51. The van der Waals surface area contributed by atoms with Crippen molar-refractivity contribution in [1.82, 2.24) is 0 Å². The second kappa shape index (κ2) is 3.37. The predicted molar refractivity (Wildman–Crippen MR) is 50.3 cm³/mol. The summed E-state index contributed by atoms with van der Waals surface area (Å²) in [6.45, 7) is 4.37. The van der Waals surface area contributed by atoms with Crippen LogP contribution in [0, 0.1) is 11.8 Å². The maximum Gasteiger partial charge on any atom is 0.112 e. The summed E-state index contributed by atoms with van der Waals surface area (Å²) in [5.41, 5.74) is 0. The molecule has 0 aromatic rings. The van der Waals surface area contributed by atoms with Gasteiger partial charge >= 0.3 is 0 Å². The summed E-state index contributed by atoms with van der Waals surface area (Å²) in [4.78, 5) is 0. The lowest BCUT2D eigenvalue weighted by atomic mass is 9.95. The predicted octanol–water partition coefficient (Wildman–Crippen LogP) is 3.19. The van der Waals surface area contributed by atoms with E-state index in [1.807, 2.05) is 0 Å². The van der Waals surface area contributed by atoms with Gasteiger partial charge in [0, 0.05) is 3.92 Å². The molecule has 1 fully saturated rings. The van der Waals surface area contributed by atoms with Gasteiger partial charge in [-0.3, -0.25) is 0 Å². The van der Waals surface area contributed by atoms with Crippen molar-refractivity contribution in [3.63, 3.8) is 0 Å². The lowest BCUT2D eigenvalue weighted by molar-refractivity contribution is 0.314. The molecule has 2 unspecified atom stereocenters. The first-order chi connectivity index (χ1) is 4.61. The van der Waals surface area contributed by atoms with E-state index < -0.39 is 6.17 Å². The standard InChI is InChI=1S/C8H14FI/c1-5(2)6-3-7(9)8(10)4-6/h5-8H,3-4H2,1-2H3/t6?,7-,8?/m0/s1. The molecule has 0 saturated heterocycles. The Morgan fingerprint density at radius 1 is 1.40 bits per heavy atom. The van der Waals surface area contributed by atoms with E-state index in [1.54, 1.807) is 0 Å². The van der Waals surface area contributed by atoms with E-state index in [9.17, 15) is 4.39 Å². The monoisotopic (exact) mass is 256 g/mol. The molecule has 0 aromatic heterocycles. The minimum absolute atomic E-state index is 0.282. The molecule has 0 heterocycles. The van der Waals surface area contributed by atoms with Crippen molar-refractivity contribution in [1.29, 1.82) is 0 Å². The lowest BCUT2D eigenvalue weighted by Gasteiger charge is -2.11. The van der Waals surface area contributed by atoms with Gasteiger partial charge in [-0.25, -0.2) is 4.39 Å². The van der Waals surface area contributed by atoms with Crippen LogP contribution in [0.2, 0.25) is 0 Å². The summed E-state index contributed by atoms with van der Waals surface area (Å²) in [7, 11) is 0. The average molecular weight is 256 g/mol. The Bertz CT molecular complexity index is 104. The minimum atomic E-state index is -0.534. The van der Waals surface area contributed by atoms with Gasteiger partial charge in [-0.15, -0.1) is 0 Å². The van der Waals surface area contributed by atoms with Gasteiger partial charge < -0.3 is 0 Å². The Morgan fingerprint density at radius 3 is 2.20 bits per heavy atom. The van der Waals surface area contributed by atoms with Crippen LogP contribution in [0.5, 0.6) is 0 Å². The summed E-state index contributed by atoms with van der Waals surface area (Å²) in [6, 6.07) is 0. The van der Waals surface area contributed by atoms with Crippen LogP contribution < -0.4 is 0 Å². The summed E-state index contributed by atoms with van der Waals surface area (Å²) in [5, 5.41) is 0. The lowest BCUT2D eigenvalue weighted by Crippen LogP contribution is -2.04.